The summed E-state index contributed by atoms with van der Waals surface area (Å²) in [6.07, 6.45) is 7.37. The number of rotatable bonds is 9. The van der Waals surface area contributed by atoms with Gasteiger partial charge in [-0.3, -0.25) is 0 Å². The highest BCUT2D eigenvalue weighted by Crippen LogP contribution is 2.22. The van der Waals surface area contributed by atoms with Crippen LogP contribution in [0.15, 0.2) is 0 Å². The van der Waals surface area contributed by atoms with Crippen molar-refractivity contribution in [3.63, 3.8) is 0 Å². The van der Waals surface area contributed by atoms with Gasteiger partial charge in [0.25, 0.3) is 0 Å². The van der Waals surface area contributed by atoms with Crippen LogP contribution in [0.4, 0.5) is 0 Å². The molecule has 1 atom stereocenters. The highest BCUT2D eigenvalue weighted by Gasteiger charge is 2.20. The normalized spacial score (nSPS) is 15.4. The maximum absolute atomic E-state index is 6.36. The van der Waals surface area contributed by atoms with Gasteiger partial charge in [0.2, 0.25) is 0 Å². The van der Waals surface area contributed by atoms with Crippen molar-refractivity contribution in [2.45, 2.75) is 64.8 Å². The van der Waals surface area contributed by atoms with Crippen molar-refractivity contribution in [2.24, 2.45) is 5.73 Å². The zero-order chi connectivity index (χ0) is 10.9. The minimum absolute atomic E-state index is 0.129. The summed E-state index contributed by atoms with van der Waals surface area (Å²) >= 11 is 2.03. The molecule has 14 heavy (non-hydrogen) atoms. The summed E-state index contributed by atoms with van der Waals surface area (Å²) in [6, 6.07) is 0. The predicted octanol–water partition coefficient (Wildman–Crippen LogP) is 3.82. The zero-order valence-corrected chi connectivity index (χ0v) is 11.0. The standard InChI is InChI=1S/C12H27NS/c1-4-7-9-12(13,5-2)10-8-11-14-6-3/h4-11,13H2,1-3H3. The van der Waals surface area contributed by atoms with E-state index in [0.717, 1.165) is 6.42 Å². The highest BCUT2D eigenvalue weighted by atomic mass is 32.2. The molecule has 0 spiro atoms. The molecule has 0 aliphatic rings. The van der Waals surface area contributed by atoms with Gasteiger partial charge in [0, 0.05) is 5.54 Å². The van der Waals surface area contributed by atoms with Crippen LogP contribution in [0.25, 0.3) is 0 Å². The van der Waals surface area contributed by atoms with Crippen LogP contribution < -0.4 is 5.73 Å². The summed E-state index contributed by atoms with van der Waals surface area (Å²) in [5.41, 5.74) is 6.49. The van der Waals surface area contributed by atoms with Crippen LogP contribution in [0.1, 0.15) is 59.3 Å². The Kier molecular flexibility index (Phi) is 8.80. The SMILES string of the molecule is CCCCC(N)(CC)CCCSCC. The molecule has 0 saturated heterocycles. The number of nitrogens with two attached hydrogens (primary N) is 1. The first-order chi connectivity index (χ1) is 6.68. The average molecular weight is 217 g/mol. The first kappa shape index (κ1) is 14.3. The van der Waals surface area contributed by atoms with Gasteiger partial charge in [-0.25, -0.2) is 0 Å². The summed E-state index contributed by atoms with van der Waals surface area (Å²) in [6.45, 7) is 6.68. The molecule has 2 heteroatoms. The summed E-state index contributed by atoms with van der Waals surface area (Å²) in [5.74, 6) is 2.51. The molecule has 1 unspecified atom stereocenters. The summed E-state index contributed by atoms with van der Waals surface area (Å²) in [4.78, 5) is 0. The molecule has 0 rings (SSSR count). The van der Waals surface area contributed by atoms with Gasteiger partial charge in [-0.05, 0) is 37.2 Å². The first-order valence-electron chi connectivity index (χ1n) is 6.05. The van der Waals surface area contributed by atoms with Gasteiger partial charge < -0.3 is 5.73 Å². The molecule has 0 bridgehead atoms. The minimum Gasteiger partial charge on any atom is -0.325 e. The highest BCUT2D eigenvalue weighted by molar-refractivity contribution is 7.99. The number of hydrogen-bond donors (Lipinski definition) is 1. The van der Waals surface area contributed by atoms with Gasteiger partial charge in [-0.15, -0.1) is 0 Å². The maximum Gasteiger partial charge on any atom is 0.0152 e. The Balaban J connectivity index is 3.63. The van der Waals surface area contributed by atoms with Crippen LogP contribution in [-0.2, 0) is 0 Å². The van der Waals surface area contributed by atoms with E-state index in [1.165, 1.54) is 43.6 Å². The van der Waals surface area contributed by atoms with Gasteiger partial charge in [-0.1, -0.05) is 33.6 Å². The van der Waals surface area contributed by atoms with Crippen molar-refractivity contribution >= 4 is 11.8 Å². The van der Waals surface area contributed by atoms with Crippen LogP contribution in [-0.4, -0.2) is 17.0 Å². The lowest BCUT2D eigenvalue weighted by atomic mass is 9.87. The lowest BCUT2D eigenvalue weighted by Gasteiger charge is -2.28. The van der Waals surface area contributed by atoms with E-state index >= 15 is 0 Å². The van der Waals surface area contributed by atoms with Gasteiger partial charge in [0.15, 0.2) is 0 Å². The Bertz CT molecular complexity index is 127. The van der Waals surface area contributed by atoms with Crippen LogP contribution in [0.2, 0.25) is 0 Å². The molecule has 0 aliphatic carbocycles. The van der Waals surface area contributed by atoms with Crippen LogP contribution in [0, 0.1) is 0 Å². The fraction of sp³-hybridized carbons (Fsp3) is 1.00. The van der Waals surface area contributed by atoms with E-state index in [2.05, 4.69) is 20.8 Å². The molecular formula is C12H27NS. The Morgan fingerprint density at radius 1 is 1.07 bits per heavy atom. The lowest BCUT2D eigenvalue weighted by molar-refractivity contribution is 0.340. The Morgan fingerprint density at radius 3 is 2.21 bits per heavy atom. The van der Waals surface area contributed by atoms with Crippen molar-refractivity contribution < 1.29 is 0 Å². The second-order valence-corrected chi connectivity index (χ2v) is 5.51. The molecule has 0 radical (unpaired) electrons. The Labute approximate surface area is 94.2 Å². The van der Waals surface area contributed by atoms with Crippen LogP contribution in [0.3, 0.4) is 0 Å². The Morgan fingerprint density at radius 2 is 1.71 bits per heavy atom. The van der Waals surface area contributed by atoms with Gasteiger partial charge in [0.05, 0.1) is 0 Å². The second kappa shape index (κ2) is 8.60. The third-order valence-electron chi connectivity index (χ3n) is 2.90. The van der Waals surface area contributed by atoms with Crippen molar-refractivity contribution in [1.82, 2.24) is 0 Å². The lowest BCUT2D eigenvalue weighted by Crippen LogP contribution is -2.39. The fourth-order valence-corrected chi connectivity index (χ4v) is 2.32. The third kappa shape index (κ3) is 6.72. The molecule has 0 aliphatic heterocycles. The van der Waals surface area contributed by atoms with E-state index in [9.17, 15) is 0 Å². The van der Waals surface area contributed by atoms with Crippen LogP contribution >= 0.6 is 11.8 Å². The van der Waals surface area contributed by atoms with Crippen LogP contribution in [0.5, 0.6) is 0 Å². The average Bonchev–Trinajstić information content (AvgIpc) is 2.22. The van der Waals surface area contributed by atoms with Crippen molar-refractivity contribution in [1.29, 1.82) is 0 Å². The first-order valence-corrected chi connectivity index (χ1v) is 7.20. The third-order valence-corrected chi connectivity index (χ3v) is 3.89. The van der Waals surface area contributed by atoms with E-state index in [1.54, 1.807) is 0 Å². The maximum atomic E-state index is 6.36. The molecule has 0 fully saturated rings. The monoisotopic (exact) mass is 217 g/mol. The van der Waals surface area contributed by atoms with Gasteiger partial charge >= 0.3 is 0 Å². The molecule has 0 amide bonds. The van der Waals surface area contributed by atoms with E-state index in [-0.39, 0.29) is 5.54 Å². The van der Waals surface area contributed by atoms with Gasteiger partial charge in [0.1, 0.15) is 0 Å². The molecule has 1 nitrogen and oxygen atoms in total. The van der Waals surface area contributed by atoms with E-state index in [0.29, 0.717) is 0 Å². The quantitative estimate of drug-likeness (QED) is 0.594. The second-order valence-electron chi connectivity index (χ2n) is 4.12. The Hall–Kier alpha value is 0.310. The molecular weight excluding hydrogens is 190 g/mol. The number of thioether (sulfide) groups is 1. The smallest absolute Gasteiger partial charge is 0.0152 e. The fourth-order valence-electron chi connectivity index (χ4n) is 1.68. The summed E-state index contributed by atoms with van der Waals surface area (Å²) < 4.78 is 0. The predicted molar refractivity (Wildman–Crippen MR) is 69.0 cm³/mol. The molecule has 0 aromatic rings. The molecule has 2 N–H and O–H groups in total. The summed E-state index contributed by atoms with van der Waals surface area (Å²) in [7, 11) is 0. The van der Waals surface area contributed by atoms with Crippen molar-refractivity contribution in [3.8, 4) is 0 Å². The number of unbranched alkanes of at least 4 members (excludes halogenated alkanes) is 1. The summed E-state index contributed by atoms with van der Waals surface area (Å²) in [5, 5.41) is 0. The minimum atomic E-state index is 0.129. The van der Waals surface area contributed by atoms with E-state index in [1.807, 2.05) is 11.8 Å². The molecule has 0 saturated carbocycles. The number of hydrogen-bond acceptors (Lipinski definition) is 2. The molecule has 86 valence electrons. The van der Waals surface area contributed by atoms with Crippen molar-refractivity contribution in [2.75, 3.05) is 11.5 Å². The van der Waals surface area contributed by atoms with E-state index in [4.69, 9.17) is 5.73 Å². The largest absolute Gasteiger partial charge is 0.325 e. The molecule has 0 aromatic carbocycles. The zero-order valence-electron chi connectivity index (χ0n) is 10.1. The molecule has 0 aromatic heterocycles. The topological polar surface area (TPSA) is 26.0 Å². The molecule has 0 heterocycles. The van der Waals surface area contributed by atoms with Crippen molar-refractivity contribution in [3.05, 3.63) is 0 Å². The van der Waals surface area contributed by atoms with E-state index < -0.39 is 0 Å². The van der Waals surface area contributed by atoms with Gasteiger partial charge in [-0.2, -0.15) is 11.8 Å².